The lowest BCUT2D eigenvalue weighted by Gasteiger charge is -2.31. The Balaban J connectivity index is 1.54. The highest BCUT2D eigenvalue weighted by Gasteiger charge is 2.36. The van der Waals surface area contributed by atoms with E-state index in [9.17, 15) is 14.7 Å². The van der Waals surface area contributed by atoms with Gasteiger partial charge in [-0.15, -0.1) is 0 Å². The van der Waals surface area contributed by atoms with Crippen molar-refractivity contribution in [3.63, 3.8) is 0 Å². The average molecular weight is 507 g/mol. The quantitative estimate of drug-likeness (QED) is 0.470. The van der Waals surface area contributed by atoms with Crippen LogP contribution in [0.5, 0.6) is 17.2 Å². The molecule has 1 amide bonds. The van der Waals surface area contributed by atoms with E-state index in [0.717, 1.165) is 5.56 Å². The number of hydrogen-bond donors (Lipinski definition) is 2. The van der Waals surface area contributed by atoms with E-state index in [0.29, 0.717) is 12.2 Å². The summed E-state index contributed by atoms with van der Waals surface area (Å²) in [5, 5.41) is 12.8. The minimum Gasteiger partial charge on any atom is -0.503 e. The lowest BCUT2D eigenvalue weighted by molar-refractivity contribution is -0.155. The van der Waals surface area contributed by atoms with E-state index in [1.807, 2.05) is 60.7 Å². The van der Waals surface area contributed by atoms with Crippen LogP contribution in [0.1, 0.15) is 23.0 Å². The summed E-state index contributed by atoms with van der Waals surface area (Å²) < 4.78 is 23.1. The molecule has 9 heteroatoms. The summed E-state index contributed by atoms with van der Waals surface area (Å²) in [6.45, 7) is 1.91. The molecule has 2 N–H and O–H groups in total. The molecule has 0 aliphatic carbocycles. The number of aromatic nitrogens is 1. The first-order valence-electron chi connectivity index (χ1n) is 12.0. The van der Waals surface area contributed by atoms with Gasteiger partial charge in [0.2, 0.25) is 0 Å². The number of carbonyl (C=O) groups is 2. The van der Waals surface area contributed by atoms with Crippen LogP contribution in [0.25, 0.3) is 0 Å². The Hall–Kier alpha value is -4.11. The summed E-state index contributed by atoms with van der Waals surface area (Å²) in [4.78, 5) is 29.9. The molecule has 9 nitrogen and oxygen atoms in total. The van der Waals surface area contributed by atoms with Crippen LogP contribution in [0.2, 0.25) is 0 Å². The summed E-state index contributed by atoms with van der Waals surface area (Å²) in [6.07, 6.45) is 0.808. The molecular weight excluding hydrogens is 476 g/mol. The van der Waals surface area contributed by atoms with Crippen molar-refractivity contribution in [2.24, 2.45) is 5.92 Å². The monoisotopic (exact) mass is 506 g/mol. The number of nitrogens with one attached hydrogen (secondary N) is 1. The number of hydrogen-bond acceptors (Lipinski definition) is 8. The maximum atomic E-state index is 13.1. The number of amides is 1. The van der Waals surface area contributed by atoms with Gasteiger partial charge in [-0.2, -0.15) is 0 Å². The number of benzene rings is 2. The molecule has 194 valence electrons. The third-order valence-electron chi connectivity index (χ3n) is 6.11. The van der Waals surface area contributed by atoms with E-state index in [-0.39, 0.29) is 30.6 Å². The standard InChI is InChI=1S/C28H30N2O7/c1-18-26(37-21-11-7-4-8-12-21)20(15-19-9-5-3-6-10-19)16-35-17-22(28(33)36-18)30-27(32)24-25(31)23(34-2)13-14-29-24/h3-14,18,20,22,26,31H,15-17H2,1-2H3,(H,30,32). The van der Waals surface area contributed by atoms with Crippen LogP contribution in [-0.2, 0) is 20.7 Å². The minimum atomic E-state index is -1.12. The van der Waals surface area contributed by atoms with Crippen molar-refractivity contribution in [3.8, 4) is 17.2 Å². The molecule has 2 heterocycles. The van der Waals surface area contributed by atoms with Crippen molar-refractivity contribution in [2.45, 2.75) is 31.6 Å². The highest BCUT2D eigenvalue weighted by Crippen LogP contribution is 2.28. The van der Waals surface area contributed by atoms with Gasteiger partial charge in [0.25, 0.3) is 5.91 Å². The van der Waals surface area contributed by atoms with E-state index in [4.69, 9.17) is 18.9 Å². The molecule has 4 rings (SSSR count). The zero-order chi connectivity index (χ0) is 26.2. The van der Waals surface area contributed by atoms with Gasteiger partial charge < -0.3 is 29.4 Å². The van der Waals surface area contributed by atoms with Crippen molar-refractivity contribution < 1.29 is 33.6 Å². The first kappa shape index (κ1) is 26.0. The Kier molecular flexibility index (Phi) is 8.58. The first-order chi connectivity index (χ1) is 18.0. The van der Waals surface area contributed by atoms with Crippen molar-refractivity contribution in [3.05, 3.63) is 84.2 Å². The largest absolute Gasteiger partial charge is 0.503 e. The number of cyclic esters (lactones) is 1. The maximum Gasteiger partial charge on any atom is 0.331 e. The number of esters is 1. The number of para-hydroxylation sites is 1. The van der Waals surface area contributed by atoms with Gasteiger partial charge in [-0.3, -0.25) is 4.79 Å². The molecule has 2 aromatic carbocycles. The Labute approximate surface area is 215 Å². The second-order valence-electron chi connectivity index (χ2n) is 8.76. The number of aromatic hydroxyl groups is 1. The number of methoxy groups -OCH3 is 1. The summed E-state index contributed by atoms with van der Waals surface area (Å²) in [5.74, 6) is -1.27. The number of rotatable bonds is 7. The average Bonchev–Trinajstić information content (AvgIpc) is 2.95. The molecule has 0 spiro atoms. The van der Waals surface area contributed by atoms with Crippen molar-refractivity contribution in [1.82, 2.24) is 10.3 Å². The SMILES string of the molecule is COc1ccnc(C(=O)NC2COCC(Cc3ccccc3)C(Oc3ccccc3)C(C)OC2=O)c1O. The van der Waals surface area contributed by atoms with Gasteiger partial charge in [0.05, 0.1) is 20.3 Å². The smallest absolute Gasteiger partial charge is 0.331 e. The fourth-order valence-corrected chi connectivity index (χ4v) is 4.25. The van der Waals surface area contributed by atoms with Crippen molar-refractivity contribution >= 4 is 11.9 Å². The second-order valence-corrected chi connectivity index (χ2v) is 8.76. The Bertz CT molecular complexity index is 1190. The van der Waals surface area contributed by atoms with E-state index in [1.165, 1.54) is 19.4 Å². The van der Waals surface area contributed by atoms with Crippen LogP contribution >= 0.6 is 0 Å². The number of pyridine rings is 1. The van der Waals surface area contributed by atoms with Crippen LogP contribution in [0.15, 0.2) is 72.9 Å². The van der Waals surface area contributed by atoms with Gasteiger partial charge >= 0.3 is 5.97 Å². The first-order valence-corrected chi connectivity index (χ1v) is 12.0. The van der Waals surface area contributed by atoms with E-state index in [1.54, 1.807) is 6.92 Å². The van der Waals surface area contributed by atoms with Crippen LogP contribution in [0.3, 0.4) is 0 Å². The molecule has 37 heavy (non-hydrogen) atoms. The van der Waals surface area contributed by atoms with Gasteiger partial charge in [-0.05, 0) is 31.0 Å². The van der Waals surface area contributed by atoms with Crippen molar-refractivity contribution in [2.75, 3.05) is 20.3 Å². The van der Waals surface area contributed by atoms with Gasteiger partial charge in [0, 0.05) is 18.2 Å². The number of ether oxygens (including phenoxy) is 4. The second kappa shape index (κ2) is 12.2. The maximum absolute atomic E-state index is 13.1. The molecule has 1 aliphatic heterocycles. The number of nitrogens with zero attached hydrogens (tertiary/aromatic N) is 1. The molecule has 4 unspecified atom stereocenters. The molecule has 0 radical (unpaired) electrons. The number of carbonyl (C=O) groups excluding carboxylic acids is 2. The summed E-state index contributed by atoms with van der Waals surface area (Å²) in [7, 11) is 1.36. The van der Waals surface area contributed by atoms with E-state index >= 15 is 0 Å². The third-order valence-corrected chi connectivity index (χ3v) is 6.11. The van der Waals surface area contributed by atoms with Crippen LogP contribution in [0, 0.1) is 5.92 Å². The van der Waals surface area contributed by atoms with Gasteiger partial charge in [0.15, 0.2) is 23.2 Å². The molecule has 1 saturated heterocycles. The van der Waals surface area contributed by atoms with Gasteiger partial charge in [-0.1, -0.05) is 48.5 Å². The zero-order valence-electron chi connectivity index (χ0n) is 20.7. The summed E-state index contributed by atoms with van der Waals surface area (Å²) >= 11 is 0. The van der Waals surface area contributed by atoms with Crippen LogP contribution in [0.4, 0.5) is 0 Å². The molecule has 0 bridgehead atoms. The Morgan fingerprint density at radius 1 is 1.08 bits per heavy atom. The molecule has 3 aromatic rings. The fourth-order valence-electron chi connectivity index (χ4n) is 4.25. The molecular formula is C28H30N2O7. The van der Waals surface area contributed by atoms with Crippen LogP contribution < -0.4 is 14.8 Å². The van der Waals surface area contributed by atoms with E-state index < -0.39 is 35.9 Å². The highest BCUT2D eigenvalue weighted by molar-refractivity contribution is 5.98. The predicted molar refractivity (Wildman–Crippen MR) is 135 cm³/mol. The fraction of sp³-hybridized carbons (Fsp3) is 0.321. The van der Waals surface area contributed by atoms with Crippen molar-refractivity contribution in [1.29, 1.82) is 0 Å². The lowest BCUT2D eigenvalue weighted by Crippen LogP contribution is -2.47. The zero-order valence-corrected chi connectivity index (χ0v) is 20.7. The minimum absolute atomic E-state index is 0.0896. The van der Waals surface area contributed by atoms with Gasteiger partial charge in [-0.25, -0.2) is 9.78 Å². The van der Waals surface area contributed by atoms with Crippen LogP contribution in [-0.4, -0.2) is 60.5 Å². The molecule has 4 atom stereocenters. The molecule has 1 fully saturated rings. The topological polar surface area (TPSA) is 116 Å². The van der Waals surface area contributed by atoms with Gasteiger partial charge in [0.1, 0.15) is 18.0 Å². The summed E-state index contributed by atoms with van der Waals surface area (Å²) in [6, 6.07) is 19.6. The highest BCUT2D eigenvalue weighted by atomic mass is 16.6. The molecule has 0 saturated carbocycles. The molecule has 1 aliphatic rings. The van der Waals surface area contributed by atoms with E-state index in [2.05, 4.69) is 10.3 Å². The Morgan fingerprint density at radius 2 is 1.78 bits per heavy atom. The lowest BCUT2D eigenvalue weighted by atomic mass is 9.91. The molecule has 1 aromatic heterocycles. The Morgan fingerprint density at radius 3 is 2.49 bits per heavy atom. The third kappa shape index (κ3) is 6.56. The predicted octanol–water partition coefficient (Wildman–Crippen LogP) is 3.16. The normalized spacial score (nSPS) is 22.1. The summed E-state index contributed by atoms with van der Waals surface area (Å²) in [5.41, 5.74) is 0.826.